The van der Waals surface area contributed by atoms with Crippen molar-refractivity contribution >= 4 is 17.2 Å². The second-order valence-corrected chi connectivity index (χ2v) is 11.3. The SMILES string of the molecule is Cc1sccc1[C@@H]1c2ccc(F)c(F)c2OC/C=C/CCCN2CN1n1ccc(=O)c(OCc3ccccc3)c1C2=O. The lowest BCUT2D eigenvalue weighted by molar-refractivity contribution is 0.0674. The summed E-state index contributed by atoms with van der Waals surface area (Å²) < 4.78 is 43.5. The molecule has 0 N–H and O–H groups in total. The van der Waals surface area contributed by atoms with Gasteiger partial charge in [0, 0.05) is 29.2 Å². The maximum Gasteiger partial charge on any atom is 0.277 e. The van der Waals surface area contributed by atoms with Crippen LogP contribution in [0.1, 0.15) is 50.9 Å². The Bertz CT molecular complexity index is 1700. The van der Waals surface area contributed by atoms with E-state index in [4.69, 9.17) is 9.47 Å². The third kappa shape index (κ3) is 5.18. The van der Waals surface area contributed by atoms with Gasteiger partial charge >= 0.3 is 0 Å². The quantitative estimate of drug-likeness (QED) is 0.276. The Hall–Kier alpha value is -4.44. The number of carbonyl (C=O) groups is 1. The van der Waals surface area contributed by atoms with Gasteiger partial charge in [-0.3, -0.25) is 19.3 Å². The molecule has 216 valence electrons. The average Bonchev–Trinajstić information content (AvgIpc) is 3.42. The van der Waals surface area contributed by atoms with E-state index >= 15 is 4.39 Å². The van der Waals surface area contributed by atoms with Crippen molar-refractivity contribution in [3.8, 4) is 11.5 Å². The molecule has 0 radical (unpaired) electrons. The predicted octanol–water partition coefficient (Wildman–Crippen LogP) is 5.95. The van der Waals surface area contributed by atoms with Gasteiger partial charge in [0.2, 0.25) is 11.2 Å². The Balaban J connectivity index is 1.56. The molecule has 0 saturated carbocycles. The molecule has 0 unspecified atom stereocenters. The van der Waals surface area contributed by atoms with Crippen LogP contribution in [0.25, 0.3) is 0 Å². The number of fused-ring (bicyclic) bond motifs is 5. The van der Waals surface area contributed by atoms with Crippen LogP contribution in [0.3, 0.4) is 0 Å². The molecule has 6 rings (SSSR count). The number of aromatic nitrogens is 1. The molecule has 0 fully saturated rings. The average molecular weight is 590 g/mol. The second-order valence-electron chi connectivity index (χ2n) is 10.2. The van der Waals surface area contributed by atoms with E-state index in [-0.39, 0.29) is 43.0 Å². The lowest BCUT2D eigenvalue weighted by Crippen LogP contribution is -2.56. The highest BCUT2D eigenvalue weighted by molar-refractivity contribution is 7.10. The van der Waals surface area contributed by atoms with Crippen LogP contribution in [-0.2, 0) is 6.61 Å². The van der Waals surface area contributed by atoms with Crippen molar-refractivity contribution in [2.75, 3.05) is 24.8 Å². The Kier molecular flexibility index (Phi) is 7.80. The van der Waals surface area contributed by atoms with Gasteiger partial charge in [-0.15, -0.1) is 11.3 Å². The van der Waals surface area contributed by atoms with E-state index in [2.05, 4.69) is 0 Å². The minimum Gasteiger partial charge on any atom is -0.486 e. The van der Waals surface area contributed by atoms with Crippen LogP contribution >= 0.6 is 11.3 Å². The molecule has 4 heterocycles. The summed E-state index contributed by atoms with van der Waals surface area (Å²) in [6, 6.07) is 14.6. The van der Waals surface area contributed by atoms with Crippen molar-refractivity contribution in [3.63, 3.8) is 0 Å². The van der Waals surface area contributed by atoms with Crippen LogP contribution in [0.2, 0.25) is 0 Å². The van der Waals surface area contributed by atoms with Gasteiger partial charge in [-0.05, 0) is 54.5 Å². The minimum absolute atomic E-state index is 0.0616. The van der Waals surface area contributed by atoms with Crippen molar-refractivity contribution in [2.24, 2.45) is 0 Å². The van der Waals surface area contributed by atoms with E-state index in [0.29, 0.717) is 24.9 Å². The third-order valence-electron chi connectivity index (χ3n) is 7.50. The van der Waals surface area contributed by atoms with Gasteiger partial charge in [0.1, 0.15) is 25.9 Å². The van der Waals surface area contributed by atoms with E-state index in [1.165, 1.54) is 29.7 Å². The van der Waals surface area contributed by atoms with Crippen molar-refractivity contribution in [1.82, 2.24) is 9.58 Å². The van der Waals surface area contributed by atoms with Crippen molar-refractivity contribution in [2.45, 2.75) is 32.4 Å². The molecule has 10 heteroatoms. The number of pyridine rings is 1. The van der Waals surface area contributed by atoms with Crippen LogP contribution < -0.4 is 19.9 Å². The number of nitrogens with zero attached hydrogens (tertiary/aromatic N) is 3. The molecule has 2 aliphatic rings. The highest BCUT2D eigenvalue weighted by Crippen LogP contribution is 2.41. The number of thiophene rings is 1. The predicted molar refractivity (Wildman–Crippen MR) is 157 cm³/mol. The zero-order chi connectivity index (χ0) is 29.2. The lowest BCUT2D eigenvalue weighted by atomic mass is 9.97. The monoisotopic (exact) mass is 589 g/mol. The number of rotatable bonds is 4. The first-order valence-electron chi connectivity index (χ1n) is 13.7. The van der Waals surface area contributed by atoms with E-state index in [9.17, 15) is 14.0 Å². The van der Waals surface area contributed by atoms with Gasteiger partial charge in [-0.25, -0.2) is 4.39 Å². The zero-order valence-corrected chi connectivity index (χ0v) is 23.8. The van der Waals surface area contributed by atoms with Gasteiger partial charge in [0.15, 0.2) is 23.0 Å². The molecule has 1 atom stereocenters. The maximum atomic E-state index is 15.4. The zero-order valence-electron chi connectivity index (χ0n) is 23.0. The molecule has 7 nitrogen and oxygen atoms in total. The van der Waals surface area contributed by atoms with E-state index in [1.807, 2.05) is 59.8 Å². The highest BCUT2D eigenvalue weighted by atomic mass is 32.1. The number of carbonyl (C=O) groups excluding carboxylic acids is 1. The third-order valence-corrected chi connectivity index (χ3v) is 8.36. The van der Waals surface area contributed by atoms with Crippen LogP contribution in [0, 0.1) is 18.6 Å². The van der Waals surface area contributed by atoms with Crippen LogP contribution in [0.4, 0.5) is 8.78 Å². The largest absolute Gasteiger partial charge is 0.486 e. The second kappa shape index (κ2) is 11.8. The fourth-order valence-electron chi connectivity index (χ4n) is 5.42. The highest BCUT2D eigenvalue weighted by Gasteiger charge is 2.39. The summed E-state index contributed by atoms with van der Waals surface area (Å²) >= 11 is 1.53. The Labute approximate surface area is 245 Å². The topological polar surface area (TPSA) is 64.0 Å². The number of benzene rings is 2. The molecule has 2 aliphatic heterocycles. The van der Waals surface area contributed by atoms with Crippen LogP contribution in [-0.4, -0.2) is 35.3 Å². The summed E-state index contributed by atoms with van der Waals surface area (Å²) in [6.45, 7) is 2.67. The van der Waals surface area contributed by atoms with Crippen molar-refractivity contribution in [1.29, 1.82) is 0 Å². The summed E-state index contributed by atoms with van der Waals surface area (Å²) in [6.07, 6.45) is 6.51. The summed E-state index contributed by atoms with van der Waals surface area (Å²) in [5.74, 6) is -2.69. The number of halogens is 2. The molecule has 0 spiro atoms. The van der Waals surface area contributed by atoms with Crippen LogP contribution in [0.5, 0.6) is 11.5 Å². The molecule has 4 aromatic rings. The normalized spacial score (nSPS) is 17.7. The summed E-state index contributed by atoms with van der Waals surface area (Å²) in [7, 11) is 0. The van der Waals surface area contributed by atoms with Gasteiger partial charge < -0.3 is 14.4 Å². The summed E-state index contributed by atoms with van der Waals surface area (Å²) in [5, 5.41) is 3.81. The standard InChI is InChI=1S/C32H29F2N3O4S/c1-21-23(14-18-42-21)28-24-11-12-25(33)27(34)30(24)40-17-8-3-2-7-15-35-20-37(28)36-16-13-26(38)31(29(36)32(35)39)41-19-22-9-5-4-6-10-22/h3-6,8-14,16,18,28H,2,7,15,17,19-20H2,1H3/b8-3+/t28-/m1/s1. The van der Waals surface area contributed by atoms with E-state index in [1.54, 1.807) is 15.7 Å². The summed E-state index contributed by atoms with van der Waals surface area (Å²) in [4.78, 5) is 29.8. The lowest BCUT2D eigenvalue weighted by Gasteiger charge is -2.44. The molecule has 42 heavy (non-hydrogen) atoms. The molecule has 2 bridgehead atoms. The number of ether oxygens (including phenoxy) is 2. The minimum atomic E-state index is -1.08. The number of allylic oxidation sites excluding steroid dienone is 1. The number of aryl methyl sites for hydroxylation is 1. The van der Waals surface area contributed by atoms with Gasteiger partial charge in [0.05, 0.1) is 0 Å². The van der Waals surface area contributed by atoms with Gasteiger partial charge in [-0.1, -0.05) is 42.5 Å². The van der Waals surface area contributed by atoms with Gasteiger partial charge in [0.25, 0.3) is 5.91 Å². The number of hydrogen-bond donors (Lipinski definition) is 0. The fourth-order valence-corrected chi connectivity index (χ4v) is 6.15. The molecule has 0 saturated heterocycles. The van der Waals surface area contributed by atoms with E-state index in [0.717, 1.165) is 22.1 Å². The molecule has 2 aromatic heterocycles. The molecule has 2 aromatic carbocycles. The van der Waals surface area contributed by atoms with Crippen molar-refractivity contribution in [3.05, 3.63) is 127 Å². The Morgan fingerprint density at radius 3 is 2.64 bits per heavy atom. The molecule has 0 aliphatic carbocycles. The first-order chi connectivity index (χ1) is 20.4. The van der Waals surface area contributed by atoms with Crippen molar-refractivity contribution < 1.29 is 23.0 Å². The van der Waals surface area contributed by atoms with E-state index < -0.39 is 23.1 Å². The summed E-state index contributed by atoms with van der Waals surface area (Å²) in [5.41, 5.74) is 1.74. The Morgan fingerprint density at radius 2 is 1.86 bits per heavy atom. The molecule has 1 amide bonds. The van der Waals surface area contributed by atoms with Crippen LogP contribution in [0.15, 0.2) is 83.1 Å². The Morgan fingerprint density at radius 1 is 1.02 bits per heavy atom. The first-order valence-corrected chi connectivity index (χ1v) is 14.6. The number of hydrogen-bond acceptors (Lipinski definition) is 6. The molecular formula is C32H29F2N3O4S. The molecular weight excluding hydrogens is 560 g/mol. The number of amides is 1. The van der Waals surface area contributed by atoms with Gasteiger partial charge in [-0.2, -0.15) is 4.39 Å². The fraction of sp³-hybridized carbons (Fsp3) is 0.250. The maximum absolute atomic E-state index is 15.4. The first kappa shape index (κ1) is 27.7. The smallest absolute Gasteiger partial charge is 0.277 e.